The summed E-state index contributed by atoms with van der Waals surface area (Å²) in [4.78, 5) is 12.2. The summed E-state index contributed by atoms with van der Waals surface area (Å²) in [7, 11) is -2.91. The standard InChI is InChI=1S/C24H34O2Si/c1-23(2,18-19-24(3)16-14-20(25)15-17-24)27(26,21-10-6-4-7-11-21)22-12-8-5-9-13-22/h4-13,20,25-26H,14-19H2,1-3H3. The molecule has 2 N–H and O–H groups in total. The molecule has 2 aromatic carbocycles. The highest BCUT2D eigenvalue weighted by Gasteiger charge is 2.50. The molecular weight excluding hydrogens is 348 g/mol. The van der Waals surface area contributed by atoms with Gasteiger partial charge in [-0.2, -0.15) is 0 Å². The van der Waals surface area contributed by atoms with E-state index >= 15 is 0 Å². The van der Waals surface area contributed by atoms with Crippen LogP contribution < -0.4 is 10.4 Å². The third-order valence-corrected chi connectivity index (χ3v) is 11.4. The van der Waals surface area contributed by atoms with E-state index in [0.717, 1.165) is 48.9 Å². The smallest absolute Gasteiger partial charge is 0.258 e. The minimum atomic E-state index is -2.91. The number of rotatable bonds is 6. The van der Waals surface area contributed by atoms with Crippen LogP contribution in [0.25, 0.3) is 0 Å². The van der Waals surface area contributed by atoms with Gasteiger partial charge in [-0.1, -0.05) is 81.4 Å². The van der Waals surface area contributed by atoms with Gasteiger partial charge in [0.25, 0.3) is 8.32 Å². The lowest BCUT2D eigenvalue weighted by atomic mass is 9.71. The third kappa shape index (κ3) is 4.21. The largest absolute Gasteiger partial charge is 0.424 e. The van der Waals surface area contributed by atoms with Crippen LogP contribution in [0.5, 0.6) is 0 Å². The van der Waals surface area contributed by atoms with Gasteiger partial charge in [0, 0.05) is 0 Å². The normalized spacial score (nSPS) is 24.0. The van der Waals surface area contributed by atoms with Crippen LogP contribution in [0, 0.1) is 5.41 Å². The van der Waals surface area contributed by atoms with Crippen molar-refractivity contribution < 1.29 is 9.90 Å². The van der Waals surface area contributed by atoms with Gasteiger partial charge in [0.15, 0.2) is 0 Å². The molecule has 1 aliphatic carbocycles. The fourth-order valence-electron chi connectivity index (χ4n) is 4.65. The molecule has 2 nitrogen and oxygen atoms in total. The number of hydrogen-bond acceptors (Lipinski definition) is 2. The monoisotopic (exact) mass is 382 g/mol. The van der Waals surface area contributed by atoms with Crippen LogP contribution in [-0.4, -0.2) is 24.3 Å². The molecule has 1 fully saturated rings. The van der Waals surface area contributed by atoms with Gasteiger partial charge in [0.05, 0.1) is 6.10 Å². The molecule has 0 saturated heterocycles. The summed E-state index contributed by atoms with van der Waals surface area (Å²) in [5, 5.41) is 11.9. The molecule has 0 unspecified atom stereocenters. The predicted molar refractivity (Wildman–Crippen MR) is 116 cm³/mol. The van der Waals surface area contributed by atoms with E-state index in [0.29, 0.717) is 0 Å². The van der Waals surface area contributed by atoms with Crippen molar-refractivity contribution in [3.8, 4) is 0 Å². The van der Waals surface area contributed by atoms with Gasteiger partial charge in [-0.3, -0.25) is 0 Å². The van der Waals surface area contributed by atoms with Crippen molar-refractivity contribution in [1.82, 2.24) is 0 Å². The van der Waals surface area contributed by atoms with E-state index in [1.807, 2.05) is 36.4 Å². The minimum absolute atomic E-state index is 0.119. The molecule has 0 amide bonds. The lowest BCUT2D eigenvalue weighted by Crippen LogP contribution is -2.65. The van der Waals surface area contributed by atoms with E-state index in [4.69, 9.17) is 0 Å². The van der Waals surface area contributed by atoms with Gasteiger partial charge < -0.3 is 9.90 Å². The third-order valence-electron chi connectivity index (χ3n) is 6.88. The van der Waals surface area contributed by atoms with E-state index < -0.39 is 8.32 Å². The molecule has 3 heteroatoms. The number of benzene rings is 2. The Labute approximate surface area is 165 Å². The van der Waals surface area contributed by atoms with Crippen molar-refractivity contribution in [2.75, 3.05) is 0 Å². The second-order valence-electron chi connectivity index (χ2n) is 9.37. The van der Waals surface area contributed by atoms with Crippen LogP contribution in [0.15, 0.2) is 60.7 Å². The number of aliphatic hydroxyl groups excluding tert-OH is 1. The van der Waals surface area contributed by atoms with Crippen LogP contribution in [0.4, 0.5) is 0 Å². The lowest BCUT2D eigenvalue weighted by molar-refractivity contribution is 0.0642. The summed E-state index contributed by atoms with van der Waals surface area (Å²) in [6, 6.07) is 20.6. The molecular formula is C24H34O2Si. The SMILES string of the molecule is CC1(CCC(C)(C)[Si](O)(c2ccccc2)c2ccccc2)CCC(O)CC1. The molecule has 0 aromatic heterocycles. The average Bonchev–Trinajstić information content (AvgIpc) is 2.70. The number of hydrogen-bond donors (Lipinski definition) is 2. The first-order valence-electron chi connectivity index (χ1n) is 10.3. The van der Waals surface area contributed by atoms with E-state index in [1.165, 1.54) is 0 Å². The highest BCUT2D eigenvalue weighted by atomic mass is 28.4. The molecule has 0 spiro atoms. The zero-order valence-electron chi connectivity index (χ0n) is 17.0. The Morgan fingerprint density at radius 3 is 1.81 bits per heavy atom. The molecule has 0 bridgehead atoms. The van der Waals surface area contributed by atoms with Crippen LogP contribution in [0.3, 0.4) is 0 Å². The van der Waals surface area contributed by atoms with Crippen molar-refractivity contribution in [2.24, 2.45) is 5.41 Å². The van der Waals surface area contributed by atoms with E-state index in [2.05, 4.69) is 45.0 Å². The first-order valence-corrected chi connectivity index (χ1v) is 12.2. The first-order chi connectivity index (χ1) is 12.8. The molecule has 146 valence electrons. The Kier molecular flexibility index (Phi) is 5.95. The van der Waals surface area contributed by atoms with E-state index in [9.17, 15) is 9.90 Å². The molecule has 3 rings (SSSR count). The lowest BCUT2D eigenvalue weighted by Gasteiger charge is -2.44. The zero-order chi connectivity index (χ0) is 19.5. The molecule has 1 saturated carbocycles. The Balaban J connectivity index is 1.89. The van der Waals surface area contributed by atoms with E-state index in [-0.39, 0.29) is 16.6 Å². The topological polar surface area (TPSA) is 40.5 Å². The molecule has 0 radical (unpaired) electrons. The van der Waals surface area contributed by atoms with Gasteiger partial charge >= 0.3 is 0 Å². The Morgan fingerprint density at radius 2 is 1.37 bits per heavy atom. The highest BCUT2D eigenvalue weighted by Crippen LogP contribution is 2.47. The summed E-state index contributed by atoms with van der Waals surface area (Å²) >= 11 is 0. The van der Waals surface area contributed by atoms with Gasteiger partial charge in [-0.05, 0) is 59.4 Å². The fraction of sp³-hybridized carbons (Fsp3) is 0.500. The second kappa shape index (κ2) is 7.90. The first kappa shape index (κ1) is 20.3. The van der Waals surface area contributed by atoms with Gasteiger partial charge in [0.1, 0.15) is 0 Å². The Morgan fingerprint density at radius 1 is 0.926 bits per heavy atom. The van der Waals surface area contributed by atoms with Crippen LogP contribution >= 0.6 is 0 Å². The van der Waals surface area contributed by atoms with E-state index in [1.54, 1.807) is 0 Å². The minimum Gasteiger partial charge on any atom is -0.424 e. The van der Waals surface area contributed by atoms with Crippen LogP contribution in [0.1, 0.15) is 59.3 Å². The molecule has 27 heavy (non-hydrogen) atoms. The maximum atomic E-state index is 12.2. The molecule has 1 aliphatic rings. The highest BCUT2D eigenvalue weighted by molar-refractivity contribution is 6.98. The Bertz CT molecular complexity index is 679. The van der Waals surface area contributed by atoms with Crippen LogP contribution in [0.2, 0.25) is 5.04 Å². The summed E-state index contributed by atoms with van der Waals surface area (Å²) in [6.07, 6.45) is 5.97. The quantitative estimate of drug-likeness (QED) is 0.734. The zero-order valence-corrected chi connectivity index (χ0v) is 18.0. The van der Waals surface area contributed by atoms with Gasteiger partial charge in [-0.25, -0.2) is 0 Å². The molecule has 0 heterocycles. The molecule has 0 atom stereocenters. The van der Waals surface area contributed by atoms with Gasteiger partial charge in [-0.15, -0.1) is 0 Å². The van der Waals surface area contributed by atoms with Gasteiger partial charge in [0.2, 0.25) is 0 Å². The second-order valence-corrected chi connectivity index (χ2v) is 13.3. The summed E-state index contributed by atoms with van der Waals surface area (Å²) in [6.45, 7) is 6.86. The van der Waals surface area contributed by atoms with Crippen molar-refractivity contribution in [3.05, 3.63) is 60.7 Å². The summed E-state index contributed by atoms with van der Waals surface area (Å²) < 4.78 is 0. The molecule has 2 aromatic rings. The van der Waals surface area contributed by atoms with Crippen LogP contribution in [-0.2, 0) is 0 Å². The fourth-order valence-corrected chi connectivity index (χ4v) is 8.38. The maximum absolute atomic E-state index is 12.2. The predicted octanol–water partition coefficient (Wildman–Crippen LogP) is 4.24. The number of aliphatic hydroxyl groups is 1. The Hall–Kier alpha value is -1.42. The van der Waals surface area contributed by atoms with Crippen molar-refractivity contribution in [1.29, 1.82) is 0 Å². The van der Waals surface area contributed by atoms with Crippen molar-refractivity contribution in [3.63, 3.8) is 0 Å². The van der Waals surface area contributed by atoms with Crippen molar-refractivity contribution in [2.45, 2.75) is 70.4 Å². The maximum Gasteiger partial charge on any atom is 0.258 e. The average molecular weight is 383 g/mol. The van der Waals surface area contributed by atoms with Crippen molar-refractivity contribution >= 4 is 18.7 Å². The summed E-state index contributed by atoms with van der Waals surface area (Å²) in [5.41, 5.74) is 0.277. The molecule has 0 aliphatic heterocycles. The summed E-state index contributed by atoms with van der Waals surface area (Å²) in [5.74, 6) is 0.